The summed E-state index contributed by atoms with van der Waals surface area (Å²) in [6, 6.07) is 1.13. The van der Waals surface area contributed by atoms with Crippen molar-refractivity contribution in [2.75, 3.05) is 6.54 Å². The van der Waals surface area contributed by atoms with Gasteiger partial charge in [0.1, 0.15) is 5.82 Å². The van der Waals surface area contributed by atoms with E-state index in [2.05, 4.69) is 0 Å². The molecule has 0 aromatic heterocycles. The first-order valence-corrected chi connectivity index (χ1v) is 6.60. The van der Waals surface area contributed by atoms with E-state index in [4.69, 9.17) is 5.11 Å². The summed E-state index contributed by atoms with van der Waals surface area (Å²) in [4.78, 5) is 9.50. The predicted octanol–water partition coefficient (Wildman–Crippen LogP) is 1.60. The molecule has 2 N–H and O–H groups in total. The summed E-state index contributed by atoms with van der Waals surface area (Å²) in [6.07, 6.45) is -5.44. The first-order valence-electron chi connectivity index (χ1n) is 5.12. The fraction of sp³-hybridized carbons (Fsp3) is 0.300. The van der Waals surface area contributed by atoms with Gasteiger partial charge in [0.2, 0.25) is 10.0 Å². The first-order chi connectivity index (χ1) is 9.04. The van der Waals surface area contributed by atoms with Crippen LogP contribution in [0.15, 0.2) is 23.1 Å². The Morgan fingerprint density at radius 2 is 1.90 bits per heavy atom. The van der Waals surface area contributed by atoms with Crippen LogP contribution in [0.4, 0.5) is 17.6 Å². The Hall–Kier alpha value is -1.68. The largest absolute Gasteiger partial charge is 0.481 e. The highest BCUT2D eigenvalue weighted by molar-refractivity contribution is 7.89. The third-order valence-corrected chi connectivity index (χ3v) is 3.65. The molecule has 0 spiro atoms. The number of rotatable bonds is 5. The minimum atomic E-state index is -4.93. The minimum Gasteiger partial charge on any atom is -0.481 e. The Labute approximate surface area is 111 Å². The van der Waals surface area contributed by atoms with E-state index in [1.807, 2.05) is 4.72 Å². The van der Waals surface area contributed by atoms with Crippen LogP contribution in [0.25, 0.3) is 0 Å². The van der Waals surface area contributed by atoms with Crippen molar-refractivity contribution in [3.05, 3.63) is 29.6 Å². The van der Waals surface area contributed by atoms with Crippen LogP contribution in [0, 0.1) is 5.82 Å². The summed E-state index contributed by atoms with van der Waals surface area (Å²) in [5, 5.41) is 8.33. The topological polar surface area (TPSA) is 83.5 Å². The highest BCUT2D eigenvalue weighted by Crippen LogP contribution is 2.32. The maximum absolute atomic E-state index is 13.2. The lowest BCUT2D eigenvalue weighted by Gasteiger charge is -2.10. The van der Waals surface area contributed by atoms with Gasteiger partial charge in [-0.05, 0) is 18.2 Å². The highest BCUT2D eigenvalue weighted by Gasteiger charge is 2.34. The lowest BCUT2D eigenvalue weighted by atomic mass is 10.2. The fourth-order valence-electron chi connectivity index (χ4n) is 1.27. The first kappa shape index (κ1) is 16.4. The molecule has 1 aromatic carbocycles. The molecule has 1 rings (SSSR count). The number of nitrogens with one attached hydrogen (secondary N) is 1. The Morgan fingerprint density at radius 1 is 1.30 bits per heavy atom. The number of halogens is 4. The van der Waals surface area contributed by atoms with Crippen molar-refractivity contribution >= 4 is 16.0 Å². The smallest absolute Gasteiger partial charge is 0.419 e. The summed E-state index contributed by atoms with van der Waals surface area (Å²) in [6.45, 7) is -0.458. The maximum atomic E-state index is 13.2. The van der Waals surface area contributed by atoms with Crippen molar-refractivity contribution in [1.82, 2.24) is 4.72 Å². The zero-order valence-electron chi connectivity index (χ0n) is 9.74. The molecule has 0 unspecified atom stereocenters. The van der Waals surface area contributed by atoms with Gasteiger partial charge in [-0.2, -0.15) is 13.2 Å². The summed E-state index contributed by atoms with van der Waals surface area (Å²) in [7, 11) is -4.26. The average molecular weight is 315 g/mol. The molecule has 0 aliphatic heterocycles. The fourth-order valence-corrected chi connectivity index (χ4v) is 2.31. The van der Waals surface area contributed by atoms with Gasteiger partial charge >= 0.3 is 12.1 Å². The lowest BCUT2D eigenvalue weighted by molar-refractivity contribution is -0.140. The van der Waals surface area contributed by atoms with E-state index in [-0.39, 0.29) is 6.07 Å². The zero-order valence-corrected chi connectivity index (χ0v) is 10.6. The Morgan fingerprint density at radius 3 is 2.35 bits per heavy atom. The van der Waals surface area contributed by atoms with E-state index in [0.29, 0.717) is 12.1 Å². The van der Waals surface area contributed by atoms with Gasteiger partial charge in [0, 0.05) is 6.54 Å². The molecule has 0 amide bonds. The SMILES string of the molecule is O=C(O)CCNS(=O)(=O)c1ccc(C(F)(F)F)c(F)c1. The third-order valence-electron chi connectivity index (χ3n) is 2.19. The van der Waals surface area contributed by atoms with Crippen LogP contribution in [-0.4, -0.2) is 26.0 Å². The van der Waals surface area contributed by atoms with Crippen LogP contribution in [0.2, 0.25) is 0 Å². The minimum absolute atomic E-state index is 0.228. The van der Waals surface area contributed by atoms with E-state index in [1.165, 1.54) is 0 Å². The summed E-state index contributed by atoms with van der Waals surface area (Å²) in [5.41, 5.74) is -1.58. The van der Waals surface area contributed by atoms with E-state index >= 15 is 0 Å². The number of carboxylic acid groups (broad SMARTS) is 1. The Bertz CT molecular complexity index is 612. The Balaban J connectivity index is 2.97. The van der Waals surface area contributed by atoms with Crippen LogP contribution < -0.4 is 4.72 Å². The van der Waals surface area contributed by atoms with Crippen molar-refractivity contribution in [3.63, 3.8) is 0 Å². The number of alkyl halides is 3. The molecule has 0 radical (unpaired) electrons. The van der Waals surface area contributed by atoms with Gasteiger partial charge in [-0.15, -0.1) is 0 Å². The van der Waals surface area contributed by atoms with Gasteiger partial charge in [0.05, 0.1) is 16.9 Å². The summed E-state index contributed by atoms with van der Waals surface area (Å²) >= 11 is 0. The van der Waals surface area contributed by atoms with Gasteiger partial charge in [0.25, 0.3) is 0 Å². The van der Waals surface area contributed by atoms with Crippen LogP contribution >= 0.6 is 0 Å². The van der Waals surface area contributed by atoms with E-state index in [9.17, 15) is 30.8 Å². The molecular weight excluding hydrogens is 306 g/mol. The molecule has 5 nitrogen and oxygen atoms in total. The normalized spacial score (nSPS) is 12.4. The monoisotopic (exact) mass is 315 g/mol. The molecule has 20 heavy (non-hydrogen) atoms. The molecule has 0 aliphatic rings. The van der Waals surface area contributed by atoms with E-state index < -0.39 is 51.4 Å². The maximum Gasteiger partial charge on any atom is 0.419 e. The van der Waals surface area contributed by atoms with Crippen molar-refractivity contribution in [3.8, 4) is 0 Å². The molecular formula is C10H9F4NO4S. The van der Waals surface area contributed by atoms with Gasteiger partial charge < -0.3 is 5.11 Å². The molecule has 10 heteroatoms. The van der Waals surface area contributed by atoms with Crippen molar-refractivity contribution in [2.45, 2.75) is 17.5 Å². The predicted molar refractivity (Wildman–Crippen MR) is 58.8 cm³/mol. The number of hydrogen-bond acceptors (Lipinski definition) is 3. The van der Waals surface area contributed by atoms with Crippen LogP contribution in [0.5, 0.6) is 0 Å². The standard InChI is InChI=1S/C10H9F4NO4S/c11-8-5-6(1-2-7(8)10(12,13)14)20(18,19)15-4-3-9(16)17/h1-2,5,15H,3-4H2,(H,16,17). The van der Waals surface area contributed by atoms with Crippen molar-refractivity contribution < 1.29 is 35.9 Å². The molecule has 0 bridgehead atoms. The number of hydrogen-bond donors (Lipinski definition) is 2. The average Bonchev–Trinajstić information content (AvgIpc) is 2.26. The zero-order chi connectivity index (χ0) is 15.6. The molecule has 0 saturated heterocycles. The second-order valence-electron chi connectivity index (χ2n) is 3.68. The van der Waals surface area contributed by atoms with E-state index in [1.54, 1.807) is 0 Å². The molecule has 0 aliphatic carbocycles. The van der Waals surface area contributed by atoms with Crippen LogP contribution in [-0.2, 0) is 21.0 Å². The third kappa shape index (κ3) is 4.17. The number of carboxylic acids is 1. The molecule has 112 valence electrons. The molecule has 0 fully saturated rings. The molecule has 1 aromatic rings. The quantitative estimate of drug-likeness (QED) is 0.808. The highest BCUT2D eigenvalue weighted by atomic mass is 32.2. The number of carbonyl (C=O) groups is 1. The van der Waals surface area contributed by atoms with Crippen molar-refractivity contribution in [2.24, 2.45) is 0 Å². The Kier molecular flexibility index (Phi) is 4.71. The van der Waals surface area contributed by atoms with Gasteiger partial charge in [0.15, 0.2) is 0 Å². The van der Waals surface area contributed by atoms with Crippen LogP contribution in [0.3, 0.4) is 0 Å². The summed E-state index contributed by atoms with van der Waals surface area (Å²) < 4.78 is 75.1. The lowest BCUT2D eigenvalue weighted by Crippen LogP contribution is -2.26. The van der Waals surface area contributed by atoms with Gasteiger partial charge in [-0.25, -0.2) is 17.5 Å². The molecule has 0 heterocycles. The second kappa shape index (κ2) is 5.75. The summed E-state index contributed by atoms with van der Waals surface area (Å²) in [5.74, 6) is -2.98. The van der Waals surface area contributed by atoms with Crippen LogP contribution in [0.1, 0.15) is 12.0 Å². The number of benzene rings is 1. The van der Waals surface area contributed by atoms with Crippen molar-refractivity contribution in [1.29, 1.82) is 0 Å². The number of sulfonamides is 1. The van der Waals surface area contributed by atoms with E-state index in [0.717, 1.165) is 0 Å². The van der Waals surface area contributed by atoms with Gasteiger partial charge in [-0.3, -0.25) is 4.79 Å². The number of aliphatic carboxylic acids is 1. The second-order valence-corrected chi connectivity index (χ2v) is 5.45. The van der Waals surface area contributed by atoms with Gasteiger partial charge in [-0.1, -0.05) is 0 Å². The molecule has 0 saturated carbocycles. The molecule has 0 atom stereocenters.